The molecule has 0 radical (unpaired) electrons. The predicted octanol–water partition coefficient (Wildman–Crippen LogP) is 1.88. The maximum Gasteiger partial charge on any atom is 0.144 e. The van der Waals surface area contributed by atoms with E-state index in [4.69, 9.17) is 0 Å². The molecule has 0 aliphatic carbocycles. The third-order valence-corrected chi connectivity index (χ3v) is 2.88. The summed E-state index contributed by atoms with van der Waals surface area (Å²) in [6.45, 7) is 0.643. The van der Waals surface area contributed by atoms with Crippen molar-refractivity contribution in [2.75, 3.05) is 5.32 Å². The highest BCUT2D eigenvalue weighted by atomic mass is 15.3. The van der Waals surface area contributed by atoms with E-state index in [1.807, 2.05) is 30.1 Å². The average molecular weight is 266 g/mol. The molecule has 0 aliphatic heterocycles. The minimum absolute atomic E-state index is 0.643. The summed E-state index contributed by atoms with van der Waals surface area (Å²) in [5, 5.41) is 7.75. The van der Waals surface area contributed by atoms with Crippen LogP contribution in [0.2, 0.25) is 0 Å². The van der Waals surface area contributed by atoms with Crippen LogP contribution in [0.4, 0.5) is 5.82 Å². The first-order chi connectivity index (χ1) is 9.83. The first kappa shape index (κ1) is 12.3. The fraction of sp³-hybridized carbons (Fsp3) is 0.143. The van der Waals surface area contributed by atoms with E-state index in [0.717, 1.165) is 22.6 Å². The molecular weight excluding hydrogens is 252 g/mol. The van der Waals surface area contributed by atoms with Crippen molar-refractivity contribution in [1.82, 2.24) is 24.7 Å². The lowest BCUT2D eigenvalue weighted by molar-refractivity contribution is 0.770. The smallest absolute Gasteiger partial charge is 0.144 e. The highest BCUT2D eigenvalue weighted by Gasteiger charge is 2.09. The molecule has 0 bridgehead atoms. The van der Waals surface area contributed by atoms with E-state index in [2.05, 4.69) is 25.4 Å². The molecule has 20 heavy (non-hydrogen) atoms. The lowest BCUT2D eigenvalue weighted by atomic mass is 10.1. The normalized spacial score (nSPS) is 10.4. The zero-order valence-electron chi connectivity index (χ0n) is 11.1. The van der Waals surface area contributed by atoms with E-state index < -0.39 is 0 Å². The molecule has 0 spiro atoms. The van der Waals surface area contributed by atoms with Crippen LogP contribution in [0.1, 0.15) is 5.56 Å². The summed E-state index contributed by atoms with van der Waals surface area (Å²) in [6.07, 6.45) is 10.5. The summed E-state index contributed by atoms with van der Waals surface area (Å²) in [6, 6.07) is 3.91. The van der Waals surface area contributed by atoms with Crippen LogP contribution >= 0.6 is 0 Å². The number of hydrogen-bond donors (Lipinski definition) is 1. The second-order valence-electron chi connectivity index (χ2n) is 4.36. The molecule has 6 nitrogen and oxygen atoms in total. The summed E-state index contributed by atoms with van der Waals surface area (Å²) in [5.41, 5.74) is 3.10. The Morgan fingerprint density at radius 3 is 2.70 bits per heavy atom. The summed E-state index contributed by atoms with van der Waals surface area (Å²) in [4.78, 5) is 12.3. The molecule has 3 heterocycles. The summed E-state index contributed by atoms with van der Waals surface area (Å²) >= 11 is 0. The van der Waals surface area contributed by atoms with Crippen molar-refractivity contribution in [2.24, 2.45) is 7.05 Å². The molecular formula is C14H14N6. The zero-order chi connectivity index (χ0) is 13.8. The fourth-order valence-corrected chi connectivity index (χ4v) is 2.00. The van der Waals surface area contributed by atoms with Crippen LogP contribution in [0.3, 0.4) is 0 Å². The van der Waals surface area contributed by atoms with Crippen molar-refractivity contribution in [1.29, 1.82) is 0 Å². The van der Waals surface area contributed by atoms with Gasteiger partial charge in [0.15, 0.2) is 0 Å². The van der Waals surface area contributed by atoms with Crippen molar-refractivity contribution < 1.29 is 0 Å². The monoisotopic (exact) mass is 266 g/mol. The molecule has 0 unspecified atom stereocenters. The second-order valence-corrected chi connectivity index (χ2v) is 4.36. The maximum atomic E-state index is 4.51. The molecule has 0 fully saturated rings. The quantitative estimate of drug-likeness (QED) is 0.781. The SMILES string of the molecule is Cn1cc(CNc2cnccn2)c(-c2ccncc2)n1. The number of pyridine rings is 1. The standard InChI is InChI=1S/C14H14N6/c1-20-10-12(8-18-13-9-16-6-7-17-13)14(19-20)11-2-4-15-5-3-11/h2-7,9-10H,8H2,1H3,(H,17,18). The van der Waals surface area contributed by atoms with Crippen LogP contribution in [-0.4, -0.2) is 24.7 Å². The number of hydrogen-bond acceptors (Lipinski definition) is 5. The molecule has 0 amide bonds. The van der Waals surface area contributed by atoms with E-state index in [-0.39, 0.29) is 0 Å². The van der Waals surface area contributed by atoms with E-state index in [1.165, 1.54) is 0 Å². The Bertz CT molecular complexity index is 677. The van der Waals surface area contributed by atoms with Gasteiger partial charge < -0.3 is 5.32 Å². The highest BCUT2D eigenvalue weighted by molar-refractivity contribution is 5.62. The Kier molecular flexibility index (Phi) is 3.36. The largest absolute Gasteiger partial charge is 0.365 e. The lowest BCUT2D eigenvalue weighted by Crippen LogP contribution is -2.01. The molecule has 6 heteroatoms. The van der Waals surface area contributed by atoms with Crippen molar-refractivity contribution in [3.8, 4) is 11.3 Å². The molecule has 0 aromatic carbocycles. The maximum absolute atomic E-state index is 4.51. The first-order valence-electron chi connectivity index (χ1n) is 6.26. The van der Waals surface area contributed by atoms with Crippen LogP contribution in [-0.2, 0) is 13.6 Å². The predicted molar refractivity (Wildman–Crippen MR) is 75.8 cm³/mol. The number of aryl methyl sites for hydroxylation is 1. The van der Waals surface area contributed by atoms with Crippen LogP contribution in [0.15, 0.2) is 49.3 Å². The van der Waals surface area contributed by atoms with Gasteiger partial charge in [-0.3, -0.25) is 14.6 Å². The summed E-state index contributed by atoms with van der Waals surface area (Å²) in [7, 11) is 1.91. The Morgan fingerprint density at radius 1 is 1.10 bits per heavy atom. The minimum Gasteiger partial charge on any atom is -0.365 e. The molecule has 1 N–H and O–H groups in total. The third-order valence-electron chi connectivity index (χ3n) is 2.88. The van der Waals surface area contributed by atoms with Crippen LogP contribution < -0.4 is 5.32 Å². The summed E-state index contributed by atoms with van der Waals surface area (Å²) in [5.74, 6) is 0.747. The molecule has 100 valence electrons. The number of nitrogens with one attached hydrogen (secondary N) is 1. The van der Waals surface area contributed by atoms with Gasteiger partial charge >= 0.3 is 0 Å². The number of aromatic nitrogens is 5. The van der Waals surface area contributed by atoms with Gasteiger partial charge in [-0.2, -0.15) is 5.10 Å². The van der Waals surface area contributed by atoms with Gasteiger partial charge in [0.05, 0.1) is 11.9 Å². The second kappa shape index (κ2) is 5.48. The van der Waals surface area contributed by atoms with Crippen molar-refractivity contribution >= 4 is 5.82 Å². The van der Waals surface area contributed by atoms with Crippen molar-refractivity contribution in [3.63, 3.8) is 0 Å². The zero-order valence-corrected chi connectivity index (χ0v) is 11.1. The molecule has 0 atom stereocenters. The van der Waals surface area contributed by atoms with E-state index in [9.17, 15) is 0 Å². The Labute approximate surface area is 116 Å². The number of anilines is 1. The summed E-state index contributed by atoms with van der Waals surface area (Å²) < 4.78 is 1.81. The van der Waals surface area contributed by atoms with Gasteiger partial charge in [-0.15, -0.1) is 0 Å². The van der Waals surface area contributed by atoms with E-state index in [0.29, 0.717) is 6.54 Å². The van der Waals surface area contributed by atoms with E-state index in [1.54, 1.807) is 31.0 Å². The van der Waals surface area contributed by atoms with Gasteiger partial charge in [0, 0.05) is 55.7 Å². The lowest BCUT2D eigenvalue weighted by Gasteiger charge is -2.05. The van der Waals surface area contributed by atoms with Gasteiger partial charge in [0.25, 0.3) is 0 Å². The number of nitrogens with zero attached hydrogens (tertiary/aromatic N) is 5. The van der Waals surface area contributed by atoms with E-state index >= 15 is 0 Å². The van der Waals surface area contributed by atoms with Gasteiger partial charge in [0.1, 0.15) is 5.82 Å². The van der Waals surface area contributed by atoms with Gasteiger partial charge in [-0.25, -0.2) is 4.98 Å². The third kappa shape index (κ3) is 2.64. The topological polar surface area (TPSA) is 68.5 Å². The Morgan fingerprint density at radius 2 is 1.95 bits per heavy atom. The molecule has 3 aromatic heterocycles. The van der Waals surface area contributed by atoms with Gasteiger partial charge in [-0.05, 0) is 12.1 Å². The number of rotatable bonds is 4. The first-order valence-corrected chi connectivity index (χ1v) is 6.26. The molecule has 3 aromatic rings. The van der Waals surface area contributed by atoms with Crippen LogP contribution in [0.5, 0.6) is 0 Å². The molecule has 0 saturated carbocycles. The van der Waals surface area contributed by atoms with Crippen LogP contribution in [0.25, 0.3) is 11.3 Å². The van der Waals surface area contributed by atoms with Crippen LogP contribution in [0, 0.1) is 0 Å². The average Bonchev–Trinajstić information content (AvgIpc) is 2.88. The van der Waals surface area contributed by atoms with Gasteiger partial charge in [-0.1, -0.05) is 0 Å². The van der Waals surface area contributed by atoms with Crippen molar-refractivity contribution in [3.05, 3.63) is 54.9 Å². The fourth-order valence-electron chi connectivity index (χ4n) is 2.00. The van der Waals surface area contributed by atoms with Gasteiger partial charge in [0.2, 0.25) is 0 Å². The highest BCUT2D eigenvalue weighted by Crippen LogP contribution is 2.21. The Hall–Kier alpha value is -2.76. The molecule has 3 rings (SSSR count). The van der Waals surface area contributed by atoms with Crippen molar-refractivity contribution in [2.45, 2.75) is 6.54 Å². The molecule has 0 aliphatic rings. The molecule has 0 saturated heterocycles. The Balaban J connectivity index is 1.84. The minimum atomic E-state index is 0.643.